The summed E-state index contributed by atoms with van der Waals surface area (Å²) in [6.07, 6.45) is 2.67. The van der Waals surface area contributed by atoms with Gasteiger partial charge < -0.3 is 14.2 Å². The summed E-state index contributed by atoms with van der Waals surface area (Å²) in [5.41, 5.74) is 0. The lowest BCUT2D eigenvalue weighted by Crippen LogP contribution is -2.38. The second-order valence-corrected chi connectivity index (χ2v) is 3.67. The lowest BCUT2D eigenvalue weighted by molar-refractivity contribution is -0.133. The van der Waals surface area contributed by atoms with Crippen LogP contribution in [0.3, 0.4) is 0 Å². The van der Waals surface area contributed by atoms with Crippen LogP contribution in [0.2, 0.25) is 0 Å². The molecule has 0 aromatic rings. The quantitative estimate of drug-likeness (QED) is 0.669. The van der Waals surface area contributed by atoms with E-state index in [0.717, 1.165) is 0 Å². The van der Waals surface area contributed by atoms with Crippen LogP contribution in [0.5, 0.6) is 0 Å². The normalized spacial score (nSPS) is 25.6. The van der Waals surface area contributed by atoms with Crippen LogP contribution >= 0.6 is 0 Å². The zero-order valence-corrected chi connectivity index (χ0v) is 9.99. The Labute approximate surface area is 95.9 Å². The molecule has 0 saturated carbocycles. The van der Waals surface area contributed by atoms with Gasteiger partial charge in [0.1, 0.15) is 11.9 Å². The zero-order chi connectivity index (χ0) is 12.1. The van der Waals surface area contributed by atoms with Gasteiger partial charge in [-0.05, 0) is 6.42 Å². The number of carbonyl (C=O) groups excluding carboxylic acids is 1. The average molecular weight is 226 g/mol. The van der Waals surface area contributed by atoms with Crippen LogP contribution in [0, 0.1) is 5.92 Å². The van der Waals surface area contributed by atoms with Crippen LogP contribution in [0.15, 0.2) is 24.2 Å². The van der Waals surface area contributed by atoms with E-state index in [2.05, 4.69) is 6.58 Å². The molecule has 0 aromatic carbocycles. The molecule has 1 aliphatic carbocycles. The van der Waals surface area contributed by atoms with Gasteiger partial charge in [0, 0.05) is 19.4 Å². The third kappa shape index (κ3) is 2.27. The van der Waals surface area contributed by atoms with Crippen molar-refractivity contribution in [2.45, 2.75) is 18.9 Å². The molecular weight excluding hydrogens is 208 g/mol. The number of ketones is 1. The fourth-order valence-corrected chi connectivity index (χ4v) is 2.03. The molecule has 0 aromatic heterocycles. The average Bonchev–Trinajstić information content (AvgIpc) is 2.29. The van der Waals surface area contributed by atoms with Crippen molar-refractivity contribution in [3.8, 4) is 0 Å². The first kappa shape index (κ1) is 12.8. The molecule has 0 amide bonds. The number of hydrogen-bond donors (Lipinski definition) is 0. The topological polar surface area (TPSA) is 44.8 Å². The molecule has 4 nitrogen and oxygen atoms in total. The molecule has 1 aliphatic rings. The van der Waals surface area contributed by atoms with Crippen molar-refractivity contribution < 1.29 is 19.0 Å². The molecule has 0 bridgehead atoms. The van der Waals surface area contributed by atoms with Crippen LogP contribution < -0.4 is 0 Å². The van der Waals surface area contributed by atoms with Gasteiger partial charge in [0.05, 0.1) is 14.2 Å². The summed E-state index contributed by atoms with van der Waals surface area (Å²) >= 11 is 0. The van der Waals surface area contributed by atoms with E-state index in [1.165, 1.54) is 14.2 Å². The van der Waals surface area contributed by atoms with E-state index in [-0.39, 0.29) is 17.5 Å². The van der Waals surface area contributed by atoms with Gasteiger partial charge in [-0.3, -0.25) is 4.79 Å². The van der Waals surface area contributed by atoms with E-state index < -0.39 is 6.10 Å². The predicted molar refractivity (Wildman–Crippen MR) is 59.8 cm³/mol. The smallest absolute Gasteiger partial charge is 0.229 e. The first-order valence-electron chi connectivity index (χ1n) is 5.18. The molecular formula is C12H18O4. The highest BCUT2D eigenvalue weighted by Gasteiger charge is 2.38. The number of Topliss-reactive ketones (excluding diaryl/α,β-unsaturated/α-hetero) is 1. The van der Waals surface area contributed by atoms with Gasteiger partial charge >= 0.3 is 0 Å². The highest BCUT2D eigenvalue weighted by Crippen LogP contribution is 2.32. The first-order chi connectivity index (χ1) is 7.69. The van der Waals surface area contributed by atoms with E-state index in [1.807, 2.05) is 0 Å². The monoisotopic (exact) mass is 226 g/mol. The number of allylic oxidation sites excluding steroid dienone is 2. The van der Waals surface area contributed by atoms with E-state index >= 15 is 0 Å². The van der Waals surface area contributed by atoms with E-state index in [1.54, 1.807) is 13.2 Å². The van der Waals surface area contributed by atoms with Crippen molar-refractivity contribution in [3.05, 3.63) is 24.2 Å². The minimum absolute atomic E-state index is 0.0730. The van der Waals surface area contributed by atoms with E-state index in [0.29, 0.717) is 18.6 Å². The maximum atomic E-state index is 12.0. The molecule has 16 heavy (non-hydrogen) atoms. The number of ether oxygens (including phenoxy) is 3. The van der Waals surface area contributed by atoms with Crippen molar-refractivity contribution in [1.29, 1.82) is 0 Å². The fourth-order valence-electron chi connectivity index (χ4n) is 2.03. The SMILES string of the molecule is C=CCC1CC(OC)=C(OC)C(=O)C1OC. The minimum atomic E-state index is -0.466. The van der Waals surface area contributed by atoms with Gasteiger partial charge in [0.25, 0.3) is 0 Å². The van der Waals surface area contributed by atoms with Gasteiger partial charge in [-0.15, -0.1) is 6.58 Å². The third-order valence-electron chi connectivity index (χ3n) is 2.79. The molecule has 0 fully saturated rings. The molecule has 1 rings (SSSR count). The molecule has 0 heterocycles. The molecule has 90 valence electrons. The molecule has 0 aliphatic heterocycles. The van der Waals surface area contributed by atoms with Crippen molar-refractivity contribution in [1.82, 2.24) is 0 Å². The second kappa shape index (κ2) is 5.70. The van der Waals surface area contributed by atoms with Crippen LogP contribution in [-0.2, 0) is 19.0 Å². The lowest BCUT2D eigenvalue weighted by atomic mass is 9.85. The summed E-state index contributed by atoms with van der Waals surface area (Å²) < 4.78 is 15.5. The Balaban J connectivity index is 3.01. The van der Waals surface area contributed by atoms with Gasteiger partial charge in [0.15, 0.2) is 0 Å². The number of carbonyl (C=O) groups is 1. The molecule has 0 spiro atoms. The molecule has 0 saturated heterocycles. The highest BCUT2D eigenvalue weighted by atomic mass is 16.5. The Hall–Kier alpha value is -1.29. The molecule has 2 atom stereocenters. The first-order valence-corrected chi connectivity index (χ1v) is 5.18. The van der Waals surface area contributed by atoms with Crippen molar-refractivity contribution in [3.63, 3.8) is 0 Å². The van der Waals surface area contributed by atoms with Gasteiger partial charge in [-0.1, -0.05) is 6.08 Å². The van der Waals surface area contributed by atoms with Gasteiger partial charge in [0.2, 0.25) is 11.5 Å². The molecule has 2 unspecified atom stereocenters. The minimum Gasteiger partial charge on any atom is -0.497 e. The number of rotatable bonds is 5. The summed E-state index contributed by atoms with van der Waals surface area (Å²) in [5.74, 6) is 0.783. The summed E-state index contributed by atoms with van der Waals surface area (Å²) in [4.78, 5) is 12.0. The maximum Gasteiger partial charge on any atom is 0.229 e. The Morgan fingerprint density at radius 3 is 2.50 bits per heavy atom. The lowest BCUT2D eigenvalue weighted by Gasteiger charge is -2.30. The Morgan fingerprint density at radius 1 is 1.38 bits per heavy atom. The number of hydrogen-bond acceptors (Lipinski definition) is 4. The van der Waals surface area contributed by atoms with Crippen LogP contribution in [0.1, 0.15) is 12.8 Å². The Bertz CT molecular complexity index is 306. The van der Waals surface area contributed by atoms with Crippen molar-refractivity contribution in [2.75, 3.05) is 21.3 Å². The standard InChI is InChI=1S/C12H18O4/c1-5-6-8-7-9(14-2)12(16-4)10(13)11(8)15-3/h5,8,11H,1,6-7H2,2-4H3. The zero-order valence-electron chi connectivity index (χ0n) is 9.99. The Morgan fingerprint density at radius 2 is 2.06 bits per heavy atom. The van der Waals surface area contributed by atoms with Crippen LogP contribution in [0.4, 0.5) is 0 Å². The molecule has 0 N–H and O–H groups in total. The largest absolute Gasteiger partial charge is 0.497 e. The van der Waals surface area contributed by atoms with Crippen molar-refractivity contribution >= 4 is 5.78 Å². The highest BCUT2D eigenvalue weighted by molar-refractivity contribution is 5.98. The van der Waals surface area contributed by atoms with Crippen LogP contribution in [0.25, 0.3) is 0 Å². The third-order valence-corrected chi connectivity index (χ3v) is 2.79. The summed E-state index contributed by atoms with van der Waals surface area (Å²) in [6.45, 7) is 3.68. The van der Waals surface area contributed by atoms with E-state index in [4.69, 9.17) is 14.2 Å². The second-order valence-electron chi connectivity index (χ2n) is 3.67. The summed E-state index contributed by atoms with van der Waals surface area (Å²) in [7, 11) is 4.54. The van der Waals surface area contributed by atoms with Gasteiger partial charge in [-0.2, -0.15) is 0 Å². The number of methoxy groups -OCH3 is 3. The Kier molecular flexibility index (Phi) is 4.55. The maximum absolute atomic E-state index is 12.0. The fraction of sp³-hybridized carbons (Fsp3) is 0.583. The van der Waals surface area contributed by atoms with Crippen LogP contribution in [-0.4, -0.2) is 33.2 Å². The summed E-state index contributed by atoms with van der Waals surface area (Å²) in [6, 6.07) is 0. The summed E-state index contributed by atoms with van der Waals surface area (Å²) in [5, 5.41) is 0. The van der Waals surface area contributed by atoms with Gasteiger partial charge in [-0.25, -0.2) is 0 Å². The molecule has 4 heteroatoms. The van der Waals surface area contributed by atoms with E-state index in [9.17, 15) is 4.79 Å². The predicted octanol–water partition coefficient (Wildman–Crippen LogP) is 1.67. The van der Waals surface area contributed by atoms with Crippen molar-refractivity contribution in [2.24, 2.45) is 5.92 Å². The molecule has 0 radical (unpaired) electrons.